The van der Waals surface area contributed by atoms with Gasteiger partial charge in [0.25, 0.3) is 0 Å². The van der Waals surface area contributed by atoms with Crippen LogP contribution in [0, 0.1) is 0 Å². The van der Waals surface area contributed by atoms with E-state index in [0.717, 1.165) is 6.07 Å². The Morgan fingerprint density at radius 1 is 1.07 bits per heavy atom. The van der Waals surface area contributed by atoms with Crippen molar-refractivity contribution in [2.45, 2.75) is 49.2 Å². The van der Waals surface area contributed by atoms with Crippen molar-refractivity contribution in [1.29, 1.82) is 0 Å². The minimum absolute atomic E-state index is 0.0460. The molecule has 1 unspecified atom stereocenters. The number of aryl methyl sites for hydroxylation is 1. The number of fused-ring (bicyclic) bond motifs is 3. The predicted molar refractivity (Wildman–Crippen MR) is 81.6 cm³/mol. The van der Waals surface area contributed by atoms with Gasteiger partial charge in [-0.15, -0.1) is 0 Å². The molecule has 1 aromatic rings. The van der Waals surface area contributed by atoms with Crippen LogP contribution in [0.15, 0.2) is 18.2 Å². The third-order valence-electron chi connectivity index (χ3n) is 5.45. The van der Waals surface area contributed by atoms with Gasteiger partial charge < -0.3 is 5.73 Å². The second-order valence-corrected chi connectivity index (χ2v) is 7.01. The van der Waals surface area contributed by atoms with Crippen molar-refractivity contribution in [3.63, 3.8) is 0 Å². The number of hydrogen-bond donors (Lipinski definition) is 1. The van der Waals surface area contributed by atoms with E-state index in [9.17, 15) is 35.5 Å². The average molecular weight is 398 g/mol. The van der Waals surface area contributed by atoms with Crippen LogP contribution < -0.4 is 5.73 Å². The van der Waals surface area contributed by atoms with Crippen LogP contribution in [0.25, 0.3) is 0 Å². The fourth-order valence-corrected chi connectivity index (χ4v) is 4.25. The summed E-state index contributed by atoms with van der Waals surface area (Å²) >= 11 is 0. The summed E-state index contributed by atoms with van der Waals surface area (Å²) in [7, 11) is 0. The standard InChI is InChI=1S/C17H17F7N2O/c18-15(16(19,20)21,17(22,23)24)10-2-3-11-9(7-10)1-4-13-12(11)5-6-26(13)8-14(25)27/h2-3,7,12-13H,1,4-6,8H2,(H2,25,27)/t12?,13-/m1/s1. The van der Waals surface area contributed by atoms with Gasteiger partial charge in [0.05, 0.1) is 6.54 Å². The van der Waals surface area contributed by atoms with Gasteiger partial charge in [0.15, 0.2) is 0 Å². The maximum absolute atomic E-state index is 14.3. The number of amides is 1. The first-order valence-electron chi connectivity index (χ1n) is 8.34. The number of halogens is 7. The summed E-state index contributed by atoms with van der Waals surface area (Å²) in [4.78, 5) is 13.0. The molecule has 10 heteroatoms. The number of nitrogens with two attached hydrogens (primary N) is 1. The Labute approximate surface area is 150 Å². The average Bonchev–Trinajstić information content (AvgIpc) is 2.94. The molecule has 27 heavy (non-hydrogen) atoms. The van der Waals surface area contributed by atoms with Crippen molar-refractivity contribution < 1.29 is 35.5 Å². The smallest absolute Gasteiger partial charge is 0.369 e. The Balaban J connectivity index is 1.97. The van der Waals surface area contributed by atoms with Gasteiger partial charge in [0.2, 0.25) is 5.91 Å². The van der Waals surface area contributed by atoms with E-state index in [-0.39, 0.29) is 30.5 Å². The molecule has 3 nitrogen and oxygen atoms in total. The summed E-state index contributed by atoms with van der Waals surface area (Å²) in [6, 6.07) is 2.35. The molecule has 0 bridgehead atoms. The van der Waals surface area contributed by atoms with Crippen molar-refractivity contribution >= 4 is 5.91 Å². The zero-order chi connectivity index (χ0) is 20.2. The van der Waals surface area contributed by atoms with E-state index in [1.807, 2.05) is 4.90 Å². The largest absolute Gasteiger partial charge is 0.435 e. The summed E-state index contributed by atoms with van der Waals surface area (Å²) in [6.07, 6.45) is -11.0. The monoisotopic (exact) mass is 398 g/mol. The Kier molecular flexibility index (Phi) is 4.69. The molecule has 1 heterocycles. The van der Waals surface area contributed by atoms with Gasteiger partial charge in [-0.05, 0) is 36.9 Å². The molecule has 3 rings (SSSR count). The van der Waals surface area contributed by atoms with E-state index in [1.165, 1.54) is 0 Å². The van der Waals surface area contributed by atoms with Crippen LogP contribution in [0.3, 0.4) is 0 Å². The molecule has 1 aliphatic carbocycles. The van der Waals surface area contributed by atoms with Gasteiger partial charge in [0, 0.05) is 17.5 Å². The van der Waals surface area contributed by atoms with Crippen LogP contribution >= 0.6 is 0 Å². The van der Waals surface area contributed by atoms with E-state index < -0.39 is 29.5 Å². The zero-order valence-corrected chi connectivity index (χ0v) is 14.0. The van der Waals surface area contributed by atoms with Crippen LogP contribution in [-0.4, -0.2) is 42.3 Å². The van der Waals surface area contributed by atoms with Crippen molar-refractivity contribution in [1.82, 2.24) is 4.90 Å². The molecule has 1 amide bonds. The molecule has 2 aliphatic rings. The third-order valence-corrected chi connectivity index (χ3v) is 5.45. The van der Waals surface area contributed by atoms with E-state index >= 15 is 0 Å². The molecule has 0 aromatic heterocycles. The van der Waals surface area contributed by atoms with Gasteiger partial charge in [0.1, 0.15) is 0 Å². The van der Waals surface area contributed by atoms with Crippen molar-refractivity contribution in [2.24, 2.45) is 5.73 Å². The van der Waals surface area contributed by atoms with Crippen molar-refractivity contribution in [3.05, 3.63) is 34.9 Å². The van der Waals surface area contributed by atoms with Gasteiger partial charge in [-0.1, -0.05) is 18.2 Å². The number of nitrogens with zero attached hydrogens (tertiary/aromatic N) is 1. The highest BCUT2D eigenvalue weighted by atomic mass is 19.4. The zero-order valence-electron chi connectivity index (χ0n) is 14.0. The topological polar surface area (TPSA) is 46.3 Å². The van der Waals surface area contributed by atoms with Gasteiger partial charge in [-0.3, -0.25) is 9.69 Å². The Morgan fingerprint density at radius 2 is 1.70 bits per heavy atom. The summed E-state index contributed by atoms with van der Waals surface area (Å²) < 4.78 is 92.0. The maximum atomic E-state index is 14.3. The first-order chi connectivity index (χ1) is 12.4. The first-order valence-corrected chi connectivity index (χ1v) is 8.34. The third kappa shape index (κ3) is 3.17. The summed E-state index contributed by atoms with van der Waals surface area (Å²) in [6.45, 7) is 0.599. The molecule has 1 aliphatic heterocycles. The molecule has 1 saturated heterocycles. The molecule has 0 spiro atoms. The fourth-order valence-electron chi connectivity index (χ4n) is 4.25. The molecule has 1 fully saturated rings. The normalized spacial score (nSPS) is 23.8. The summed E-state index contributed by atoms with van der Waals surface area (Å²) in [5.41, 5.74) is -0.779. The lowest BCUT2D eigenvalue weighted by atomic mass is 9.77. The number of likely N-dealkylation sites (tertiary alicyclic amines) is 1. The van der Waals surface area contributed by atoms with Gasteiger partial charge >= 0.3 is 18.0 Å². The second kappa shape index (κ2) is 6.35. The molecule has 2 N–H and O–H groups in total. The Hall–Kier alpha value is -1.84. The number of hydrogen-bond acceptors (Lipinski definition) is 2. The lowest BCUT2D eigenvalue weighted by molar-refractivity contribution is -0.348. The van der Waals surface area contributed by atoms with Gasteiger partial charge in [-0.25, -0.2) is 4.39 Å². The summed E-state index contributed by atoms with van der Waals surface area (Å²) in [5.74, 6) is -0.637. The number of carbonyl (C=O) groups is 1. The molecule has 150 valence electrons. The second-order valence-electron chi connectivity index (χ2n) is 7.01. The highest BCUT2D eigenvalue weighted by Gasteiger charge is 2.73. The van der Waals surface area contributed by atoms with Crippen LogP contribution in [0.2, 0.25) is 0 Å². The summed E-state index contributed by atoms with van der Waals surface area (Å²) in [5, 5.41) is 0. The minimum atomic E-state index is -6.12. The first kappa shape index (κ1) is 19.9. The van der Waals surface area contributed by atoms with Crippen LogP contribution in [-0.2, 0) is 16.9 Å². The lowest BCUT2D eigenvalue weighted by Gasteiger charge is -2.35. The number of benzene rings is 1. The molecule has 1 aromatic carbocycles. The van der Waals surface area contributed by atoms with Crippen LogP contribution in [0.5, 0.6) is 0 Å². The molecule has 2 atom stereocenters. The Morgan fingerprint density at radius 3 is 2.26 bits per heavy atom. The maximum Gasteiger partial charge on any atom is 0.435 e. The van der Waals surface area contributed by atoms with Crippen molar-refractivity contribution in [2.75, 3.05) is 13.1 Å². The lowest BCUT2D eigenvalue weighted by Crippen LogP contribution is -2.50. The number of carbonyl (C=O) groups excluding carboxylic acids is 1. The fraction of sp³-hybridized carbons (Fsp3) is 0.588. The van der Waals surface area contributed by atoms with Gasteiger partial charge in [-0.2, -0.15) is 26.3 Å². The SMILES string of the molecule is NC(=O)CN1CCC2c3ccc(C(F)(C(F)(F)F)C(F)(F)F)cc3CC[C@H]21. The molecule has 0 radical (unpaired) electrons. The van der Waals surface area contributed by atoms with Crippen LogP contribution in [0.1, 0.15) is 35.4 Å². The highest BCUT2D eigenvalue weighted by Crippen LogP contribution is 2.54. The number of primary amides is 1. The predicted octanol–water partition coefficient (Wildman–Crippen LogP) is 3.57. The van der Waals surface area contributed by atoms with Crippen molar-refractivity contribution in [3.8, 4) is 0 Å². The highest BCUT2D eigenvalue weighted by molar-refractivity contribution is 5.76. The minimum Gasteiger partial charge on any atom is -0.369 e. The van der Waals surface area contributed by atoms with Crippen LogP contribution in [0.4, 0.5) is 30.7 Å². The van der Waals surface area contributed by atoms with E-state index in [1.54, 1.807) is 0 Å². The number of rotatable bonds is 3. The molecular formula is C17H17F7N2O. The Bertz CT molecular complexity index is 730. The van der Waals surface area contributed by atoms with E-state index in [4.69, 9.17) is 5.73 Å². The molecule has 0 saturated carbocycles. The molecular weight excluding hydrogens is 381 g/mol. The number of alkyl halides is 7. The van der Waals surface area contributed by atoms with E-state index in [0.29, 0.717) is 37.1 Å². The quantitative estimate of drug-likeness (QED) is 0.792. The van der Waals surface area contributed by atoms with E-state index in [2.05, 4.69) is 0 Å².